The summed E-state index contributed by atoms with van der Waals surface area (Å²) in [5, 5.41) is 9.41. The zero-order valence-electron chi connectivity index (χ0n) is 16.6. The molecule has 8 heteroatoms. The molecule has 1 fully saturated rings. The molecule has 0 radical (unpaired) electrons. The van der Waals surface area contributed by atoms with Crippen LogP contribution in [0.1, 0.15) is 32.6 Å². The van der Waals surface area contributed by atoms with E-state index in [4.69, 9.17) is 14.2 Å². The number of aliphatic imine (C=N–C) groups is 1. The van der Waals surface area contributed by atoms with Crippen molar-refractivity contribution in [3.8, 4) is 17.2 Å². The zero-order valence-corrected chi connectivity index (χ0v) is 16.6. The number of guanidine groups is 1. The van der Waals surface area contributed by atoms with E-state index < -0.39 is 0 Å². The number of carbonyl (C=O) groups is 1. The second-order valence-corrected chi connectivity index (χ2v) is 6.25. The molecule has 8 nitrogen and oxygen atoms in total. The van der Waals surface area contributed by atoms with E-state index in [-0.39, 0.29) is 5.91 Å². The first-order valence-corrected chi connectivity index (χ1v) is 9.26. The van der Waals surface area contributed by atoms with Gasteiger partial charge in [-0.15, -0.1) is 0 Å². The van der Waals surface area contributed by atoms with Crippen LogP contribution >= 0.6 is 0 Å². The van der Waals surface area contributed by atoms with Gasteiger partial charge in [-0.1, -0.05) is 0 Å². The largest absolute Gasteiger partial charge is 0.493 e. The normalized spacial score (nSPS) is 13.7. The predicted molar refractivity (Wildman–Crippen MR) is 106 cm³/mol. The van der Waals surface area contributed by atoms with Gasteiger partial charge in [-0.25, -0.2) is 0 Å². The van der Waals surface area contributed by atoms with E-state index in [1.807, 2.05) is 19.1 Å². The van der Waals surface area contributed by atoms with E-state index in [9.17, 15) is 4.79 Å². The van der Waals surface area contributed by atoms with Crippen LogP contribution in [0.25, 0.3) is 0 Å². The summed E-state index contributed by atoms with van der Waals surface area (Å²) in [7, 11) is 4.72. The Kier molecular flexibility index (Phi) is 8.03. The topological polar surface area (TPSA) is 93.2 Å². The van der Waals surface area contributed by atoms with E-state index in [2.05, 4.69) is 20.9 Å². The lowest BCUT2D eigenvalue weighted by Gasteiger charge is -2.16. The molecule has 0 atom stereocenters. The van der Waals surface area contributed by atoms with Gasteiger partial charge in [0, 0.05) is 43.4 Å². The van der Waals surface area contributed by atoms with E-state index in [0.29, 0.717) is 48.6 Å². The van der Waals surface area contributed by atoms with Gasteiger partial charge in [0.05, 0.1) is 21.3 Å². The van der Waals surface area contributed by atoms with Crippen molar-refractivity contribution < 1.29 is 19.0 Å². The summed E-state index contributed by atoms with van der Waals surface area (Å²) in [5.74, 6) is 2.40. The number of methoxy groups -OCH3 is 3. The fourth-order valence-electron chi connectivity index (χ4n) is 2.56. The maximum absolute atomic E-state index is 11.7. The molecule has 0 unspecified atom stereocenters. The molecule has 1 amide bonds. The summed E-state index contributed by atoms with van der Waals surface area (Å²) < 4.78 is 16.1. The SMILES string of the molecule is CCNC(=NCCCC(=O)NC1CC1)Nc1cc(OC)c(OC)c(OC)c1. The molecule has 0 saturated heterocycles. The fourth-order valence-corrected chi connectivity index (χ4v) is 2.56. The Morgan fingerprint density at radius 1 is 1.15 bits per heavy atom. The average molecular weight is 378 g/mol. The molecule has 0 spiro atoms. The van der Waals surface area contributed by atoms with Crippen LogP contribution in [0.4, 0.5) is 5.69 Å². The van der Waals surface area contributed by atoms with E-state index in [1.165, 1.54) is 0 Å². The second kappa shape index (κ2) is 10.5. The molecule has 1 saturated carbocycles. The highest BCUT2D eigenvalue weighted by atomic mass is 16.5. The molecule has 2 rings (SSSR count). The first kappa shape index (κ1) is 20.7. The van der Waals surface area contributed by atoms with Gasteiger partial charge in [-0.2, -0.15) is 0 Å². The Morgan fingerprint density at radius 2 is 1.81 bits per heavy atom. The van der Waals surface area contributed by atoms with Gasteiger partial charge in [-0.3, -0.25) is 9.79 Å². The summed E-state index contributed by atoms with van der Waals surface area (Å²) >= 11 is 0. The van der Waals surface area contributed by atoms with Gasteiger partial charge in [0.1, 0.15) is 0 Å². The van der Waals surface area contributed by atoms with Gasteiger partial charge < -0.3 is 30.2 Å². The van der Waals surface area contributed by atoms with Gasteiger partial charge in [0.15, 0.2) is 17.5 Å². The molecular formula is C19H30N4O4. The van der Waals surface area contributed by atoms with Gasteiger partial charge in [0.2, 0.25) is 11.7 Å². The van der Waals surface area contributed by atoms with Gasteiger partial charge >= 0.3 is 0 Å². The molecule has 0 bridgehead atoms. The lowest BCUT2D eigenvalue weighted by atomic mass is 10.2. The number of hydrogen-bond acceptors (Lipinski definition) is 5. The smallest absolute Gasteiger partial charge is 0.220 e. The molecule has 0 aromatic heterocycles. The van der Waals surface area contributed by atoms with E-state index in [1.54, 1.807) is 21.3 Å². The quantitative estimate of drug-likeness (QED) is 0.328. The van der Waals surface area contributed by atoms with E-state index in [0.717, 1.165) is 25.1 Å². The summed E-state index contributed by atoms with van der Waals surface area (Å²) in [6.45, 7) is 3.27. The molecule has 150 valence electrons. The number of nitrogens with zero attached hydrogens (tertiary/aromatic N) is 1. The maximum atomic E-state index is 11.7. The number of benzene rings is 1. The minimum Gasteiger partial charge on any atom is -0.493 e. The third-order valence-electron chi connectivity index (χ3n) is 4.05. The van der Waals surface area contributed by atoms with Crippen molar-refractivity contribution in [2.24, 2.45) is 4.99 Å². The summed E-state index contributed by atoms with van der Waals surface area (Å²) in [4.78, 5) is 16.3. The van der Waals surface area contributed by atoms with Crippen molar-refractivity contribution in [3.05, 3.63) is 12.1 Å². The number of ether oxygens (including phenoxy) is 3. The Balaban J connectivity index is 1.98. The lowest BCUT2D eigenvalue weighted by Crippen LogP contribution is -2.31. The molecule has 3 N–H and O–H groups in total. The number of amides is 1. The predicted octanol–water partition coefficient (Wildman–Crippen LogP) is 2.15. The van der Waals surface area contributed by atoms with Crippen LogP contribution < -0.4 is 30.2 Å². The Bertz CT molecular complexity index is 634. The molecule has 1 aromatic rings. The highest BCUT2D eigenvalue weighted by Crippen LogP contribution is 2.39. The fraction of sp³-hybridized carbons (Fsp3) is 0.579. The lowest BCUT2D eigenvalue weighted by molar-refractivity contribution is -0.121. The first-order valence-electron chi connectivity index (χ1n) is 9.26. The summed E-state index contributed by atoms with van der Waals surface area (Å²) in [6.07, 6.45) is 3.40. The number of anilines is 1. The molecule has 1 aromatic carbocycles. The van der Waals surface area contributed by atoms with Crippen molar-refractivity contribution in [2.75, 3.05) is 39.7 Å². The zero-order chi connectivity index (χ0) is 19.6. The van der Waals surface area contributed by atoms with Gasteiger partial charge in [0.25, 0.3) is 0 Å². The molecule has 0 heterocycles. The van der Waals surface area contributed by atoms with Crippen LogP contribution in [0.15, 0.2) is 17.1 Å². The monoisotopic (exact) mass is 378 g/mol. The van der Waals surface area contributed by atoms with Crippen LogP contribution in [-0.2, 0) is 4.79 Å². The minimum absolute atomic E-state index is 0.107. The molecule has 0 aliphatic heterocycles. The first-order chi connectivity index (χ1) is 13.1. The van der Waals surface area contributed by atoms with Crippen LogP contribution in [-0.4, -0.2) is 52.3 Å². The molecular weight excluding hydrogens is 348 g/mol. The third-order valence-corrected chi connectivity index (χ3v) is 4.05. The van der Waals surface area contributed by atoms with Crippen LogP contribution in [0, 0.1) is 0 Å². The van der Waals surface area contributed by atoms with Crippen molar-refractivity contribution in [1.29, 1.82) is 0 Å². The van der Waals surface area contributed by atoms with Crippen LogP contribution in [0.3, 0.4) is 0 Å². The Morgan fingerprint density at radius 3 is 2.33 bits per heavy atom. The summed E-state index contributed by atoms with van der Waals surface area (Å²) in [5.41, 5.74) is 0.760. The molecule has 1 aliphatic carbocycles. The van der Waals surface area contributed by atoms with Gasteiger partial charge in [-0.05, 0) is 26.2 Å². The molecule has 27 heavy (non-hydrogen) atoms. The highest BCUT2D eigenvalue weighted by molar-refractivity contribution is 5.94. The maximum Gasteiger partial charge on any atom is 0.220 e. The van der Waals surface area contributed by atoms with Crippen molar-refractivity contribution in [3.63, 3.8) is 0 Å². The number of carbonyl (C=O) groups excluding carboxylic acids is 1. The Hall–Kier alpha value is -2.64. The molecule has 1 aliphatic rings. The van der Waals surface area contributed by atoms with Crippen molar-refractivity contribution >= 4 is 17.6 Å². The number of rotatable bonds is 10. The number of hydrogen-bond donors (Lipinski definition) is 3. The van der Waals surface area contributed by atoms with Crippen molar-refractivity contribution in [2.45, 2.75) is 38.6 Å². The second-order valence-electron chi connectivity index (χ2n) is 6.25. The Labute approximate surface area is 160 Å². The highest BCUT2D eigenvalue weighted by Gasteiger charge is 2.22. The summed E-state index contributed by atoms with van der Waals surface area (Å²) in [6, 6.07) is 4.04. The standard InChI is InChI=1S/C19H30N4O4/c1-5-20-19(21-10-6-7-17(24)22-13-8-9-13)23-14-11-15(25-2)18(27-4)16(12-14)26-3/h11-13H,5-10H2,1-4H3,(H,22,24)(H2,20,21,23). The van der Waals surface area contributed by atoms with Crippen molar-refractivity contribution in [1.82, 2.24) is 10.6 Å². The average Bonchev–Trinajstić information content (AvgIpc) is 3.48. The van der Waals surface area contributed by atoms with E-state index >= 15 is 0 Å². The van der Waals surface area contributed by atoms with Crippen LogP contribution in [0.5, 0.6) is 17.2 Å². The third kappa shape index (κ3) is 6.54. The van der Waals surface area contributed by atoms with Crippen LogP contribution in [0.2, 0.25) is 0 Å². The minimum atomic E-state index is 0.107. The number of nitrogens with one attached hydrogen (secondary N) is 3.